The topological polar surface area (TPSA) is 82.1 Å². The molecular weight excluding hydrogens is 358 g/mol. The summed E-state index contributed by atoms with van der Waals surface area (Å²) in [6, 6.07) is 6.19. The van der Waals surface area contributed by atoms with Crippen molar-refractivity contribution in [3.05, 3.63) is 34.9 Å². The molecule has 3 amide bonds. The lowest BCUT2D eigenvalue weighted by atomic mass is 10.1. The Kier molecular flexibility index (Phi) is 6.72. The summed E-state index contributed by atoms with van der Waals surface area (Å²) in [5, 5.41) is 12.9. The predicted octanol–water partition coefficient (Wildman–Crippen LogP) is 2.64. The number of urea groups is 1. The Balaban J connectivity index is 1.88. The van der Waals surface area contributed by atoms with E-state index in [1.165, 1.54) is 0 Å². The number of hydrogen-bond donors (Lipinski definition) is 2. The van der Waals surface area contributed by atoms with Gasteiger partial charge in [0.2, 0.25) is 0 Å². The molecule has 0 saturated carbocycles. The molecule has 2 rings (SSSR count). The first-order chi connectivity index (χ1) is 12.2. The zero-order valence-electron chi connectivity index (χ0n) is 15.4. The molecule has 1 aromatic rings. The summed E-state index contributed by atoms with van der Waals surface area (Å²) >= 11 is 5.97. The van der Waals surface area contributed by atoms with Gasteiger partial charge in [-0.1, -0.05) is 23.7 Å². The first-order valence-corrected chi connectivity index (χ1v) is 8.97. The van der Waals surface area contributed by atoms with Gasteiger partial charge in [-0.15, -0.1) is 0 Å². The number of nitrogens with one attached hydrogen (secondary N) is 1. The molecule has 0 aliphatic carbocycles. The number of ether oxygens (including phenoxy) is 1. The van der Waals surface area contributed by atoms with Crippen LogP contribution in [0.2, 0.25) is 5.02 Å². The molecule has 1 heterocycles. The summed E-state index contributed by atoms with van der Waals surface area (Å²) in [5.41, 5.74) is 0.192. The van der Waals surface area contributed by atoms with Crippen molar-refractivity contribution in [2.75, 3.05) is 32.8 Å². The van der Waals surface area contributed by atoms with Crippen molar-refractivity contribution in [1.29, 1.82) is 0 Å². The summed E-state index contributed by atoms with van der Waals surface area (Å²) in [6.07, 6.45) is -0.371. The molecule has 1 aliphatic rings. The molecule has 0 spiro atoms. The summed E-state index contributed by atoms with van der Waals surface area (Å²) in [4.78, 5) is 27.7. The van der Waals surface area contributed by atoms with Crippen molar-refractivity contribution < 1.29 is 19.4 Å². The lowest BCUT2D eigenvalue weighted by Gasteiger charge is -2.36. The molecule has 1 atom stereocenters. The SMILES string of the molecule is CC(C)(C)OC(=O)N1CCN(C(=O)N[C@H](CO)c2cccc(Cl)c2)CC1. The third-order valence-electron chi connectivity index (χ3n) is 3.95. The highest BCUT2D eigenvalue weighted by Gasteiger charge is 2.28. The van der Waals surface area contributed by atoms with Crippen LogP contribution < -0.4 is 5.32 Å². The standard InChI is InChI=1S/C18H26ClN3O4/c1-18(2,3)26-17(25)22-9-7-21(8-10-22)16(24)20-15(12-23)13-5-4-6-14(19)11-13/h4-6,11,15,23H,7-10,12H2,1-3H3,(H,20,24)/t15-/m1/s1. The van der Waals surface area contributed by atoms with Crippen LogP contribution in [0, 0.1) is 0 Å². The molecule has 1 saturated heterocycles. The fraction of sp³-hybridized carbons (Fsp3) is 0.556. The van der Waals surface area contributed by atoms with E-state index in [9.17, 15) is 14.7 Å². The van der Waals surface area contributed by atoms with Gasteiger partial charge in [-0.2, -0.15) is 0 Å². The Hall–Kier alpha value is -1.99. The smallest absolute Gasteiger partial charge is 0.410 e. The molecule has 144 valence electrons. The first kappa shape index (κ1) is 20.3. The number of nitrogens with zero attached hydrogens (tertiary/aromatic N) is 2. The highest BCUT2D eigenvalue weighted by molar-refractivity contribution is 6.30. The molecule has 26 heavy (non-hydrogen) atoms. The van der Waals surface area contributed by atoms with Gasteiger partial charge < -0.3 is 25.0 Å². The van der Waals surface area contributed by atoms with Crippen molar-refractivity contribution in [2.24, 2.45) is 0 Å². The lowest BCUT2D eigenvalue weighted by Crippen LogP contribution is -2.54. The van der Waals surface area contributed by atoms with Gasteiger partial charge >= 0.3 is 12.1 Å². The Morgan fingerprint density at radius 1 is 1.23 bits per heavy atom. The maximum atomic E-state index is 12.5. The van der Waals surface area contributed by atoms with Gasteiger partial charge in [0, 0.05) is 31.2 Å². The minimum atomic E-state index is -0.545. The van der Waals surface area contributed by atoms with Crippen LogP contribution >= 0.6 is 11.6 Å². The lowest BCUT2D eigenvalue weighted by molar-refractivity contribution is 0.0168. The maximum absolute atomic E-state index is 12.5. The molecule has 0 bridgehead atoms. The maximum Gasteiger partial charge on any atom is 0.410 e. The second kappa shape index (κ2) is 8.60. The number of hydrogen-bond acceptors (Lipinski definition) is 4. The van der Waals surface area contributed by atoms with E-state index in [4.69, 9.17) is 16.3 Å². The average Bonchev–Trinajstić information content (AvgIpc) is 2.58. The molecule has 0 unspecified atom stereocenters. The highest BCUT2D eigenvalue weighted by atomic mass is 35.5. The highest BCUT2D eigenvalue weighted by Crippen LogP contribution is 2.18. The number of piperazine rings is 1. The third kappa shape index (κ3) is 5.78. The summed E-state index contributed by atoms with van der Waals surface area (Å²) in [5.74, 6) is 0. The average molecular weight is 384 g/mol. The van der Waals surface area contributed by atoms with E-state index in [-0.39, 0.29) is 18.7 Å². The Morgan fingerprint density at radius 2 is 1.85 bits per heavy atom. The fourth-order valence-electron chi connectivity index (χ4n) is 2.62. The van der Waals surface area contributed by atoms with Gasteiger partial charge in [0.25, 0.3) is 0 Å². The van der Waals surface area contributed by atoms with Crippen molar-refractivity contribution in [2.45, 2.75) is 32.4 Å². The second-order valence-corrected chi connectivity index (χ2v) is 7.63. The van der Waals surface area contributed by atoms with Gasteiger partial charge in [0.05, 0.1) is 12.6 Å². The molecule has 1 aliphatic heterocycles. The van der Waals surface area contributed by atoms with Gasteiger partial charge in [-0.3, -0.25) is 0 Å². The van der Waals surface area contributed by atoms with Crippen LogP contribution in [0.5, 0.6) is 0 Å². The summed E-state index contributed by atoms with van der Waals surface area (Å²) < 4.78 is 5.35. The van der Waals surface area contributed by atoms with Crippen molar-refractivity contribution in [3.63, 3.8) is 0 Å². The van der Waals surface area contributed by atoms with Crippen LogP contribution in [0.25, 0.3) is 0 Å². The number of rotatable bonds is 3. The minimum absolute atomic E-state index is 0.232. The van der Waals surface area contributed by atoms with Crippen molar-refractivity contribution in [1.82, 2.24) is 15.1 Å². The Labute approximate surface area is 158 Å². The zero-order valence-corrected chi connectivity index (χ0v) is 16.1. The van der Waals surface area contributed by atoms with E-state index in [1.54, 1.807) is 34.1 Å². The van der Waals surface area contributed by atoms with Gasteiger partial charge in [-0.25, -0.2) is 9.59 Å². The van der Waals surface area contributed by atoms with Crippen LogP contribution in [-0.4, -0.2) is 65.4 Å². The summed E-state index contributed by atoms with van der Waals surface area (Å²) in [7, 11) is 0. The first-order valence-electron chi connectivity index (χ1n) is 8.59. The van der Waals surface area contributed by atoms with Gasteiger partial charge in [0.1, 0.15) is 5.60 Å². The fourth-order valence-corrected chi connectivity index (χ4v) is 2.82. The van der Waals surface area contributed by atoms with E-state index < -0.39 is 11.6 Å². The monoisotopic (exact) mass is 383 g/mol. The molecular formula is C18H26ClN3O4. The Bertz CT molecular complexity index is 640. The van der Waals surface area contributed by atoms with E-state index in [0.29, 0.717) is 31.2 Å². The summed E-state index contributed by atoms with van der Waals surface area (Å²) in [6.45, 7) is 6.84. The van der Waals surface area contributed by atoms with Crippen LogP contribution in [-0.2, 0) is 4.74 Å². The molecule has 0 radical (unpaired) electrons. The van der Waals surface area contributed by atoms with Crippen LogP contribution in [0.1, 0.15) is 32.4 Å². The number of aliphatic hydroxyl groups is 1. The second-order valence-electron chi connectivity index (χ2n) is 7.19. The molecule has 0 aromatic heterocycles. The van der Waals surface area contributed by atoms with E-state index in [0.717, 1.165) is 5.56 Å². The minimum Gasteiger partial charge on any atom is -0.444 e. The normalized spacial score (nSPS) is 16.2. The van der Waals surface area contributed by atoms with E-state index >= 15 is 0 Å². The largest absolute Gasteiger partial charge is 0.444 e. The molecule has 8 heteroatoms. The van der Waals surface area contributed by atoms with Crippen LogP contribution in [0.15, 0.2) is 24.3 Å². The van der Waals surface area contributed by atoms with E-state index in [1.807, 2.05) is 20.8 Å². The molecule has 1 aromatic carbocycles. The molecule has 7 nitrogen and oxygen atoms in total. The number of benzene rings is 1. The number of carbonyl (C=O) groups excluding carboxylic acids is 2. The predicted molar refractivity (Wildman–Crippen MR) is 99.2 cm³/mol. The Morgan fingerprint density at radius 3 is 2.38 bits per heavy atom. The van der Waals surface area contributed by atoms with E-state index in [2.05, 4.69) is 5.32 Å². The number of halogens is 1. The number of amides is 3. The quantitative estimate of drug-likeness (QED) is 0.840. The van der Waals surface area contributed by atoms with Crippen molar-refractivity contribution >= 4 is 23.7 Å². The van der Waals surface area contributed by atoms with Crippen LogP contribution in [0.3, 0.4) is 0 Å². The number of aliphatic hydroxyl groups excluding tert-OH is 1. The third-order valence-corrected chi connectivity index (χ3v) is 4.18. The molecule has 1 fully saturated rings. The van der Waals surface area contributed by atoms with Crippen LogP contribution in [0.4, 0.5) is 9.59 Å². The van der Waals surface area contributed by atoms with Crippen molar-refractivity contribution in [3.8, 4) is 0 Å². The van der Waals surface area contributed by atoms with Gasteiger partial charge in [0.15, 0.2) is 0 Å². The molecule has 2 N–H and O–H groups in total. The zero-order chi connectivity index (χ0) is 19.3. The number of carbonyl (C=O) groups is 2. The van der Waals surface area contributed by atoms with Gasteiger partial charge in [-0.05, 0) is 38.5 Å².